The lowest BCUT2D eigenvalue weighted by Gasteiger charge is -2.05. The second-order valence-electron chi connectivity index (χ2n) is 4.80. The third-order valence-corrected chi connectivity index (χ3v) is 3.26. The van der Waals surface area contributed by atoms with Crippen LogP contribution in [0, 0.1) is 6.92 Å². The molecule has 0 aliphatic rings. The fraction of sp³-hybridized carbons (Fsp3) is 0.188. The number of rotatable bonds is 2. The summed E-state index contributed by atoms with van der Waals surface area (Å²) in [7, 11) is 0. The van der Waals surface area contributed by atoms with Gasteiger partial charge in [0.25, 0.3) is 5.56 Å². The minimum Gasteiger partial charge on any atom is -0.307 e. The second-order valence-corrected chi connectivity index (χ2v) is 4.80. The smallest absolute Gasteiger partial charge is 0.251 e. The third kappa shape index (κ3) is 2.32. The van der Waals surface area contributed by atoms with Crippen LogP contribution >= 0.6 is 0 Å². The summed E-state index contributed by atoms with van der Waals surface area (Å²) in [5.74, 6) is 0.608. The van der Waals surface area contributed by atoms with E-state index in [1.54, 1.807) is 0 Å². The zero-order valence-electron chi connectivity index (χ0n) is 11.5. The number of nitrogens with one attached hydrogen (secondary N) is 1. The first kappa shape index (κ1) is 12.5. The van der Waals surface area contributed by atoms with Crippen molar-refractivity contribution in [2.24, 2.45) is 0 Å². The molecule has 4 heteroatoms. The minimum atomic E-state index is -0.117. The van der Waals surface area contributed by atoms with Crippen LogP contribution in [0.3, 0.4) is 0 Å². The van der Waals surface area contributed by atoms with Crippen molar-refractivity contribution < 1.29 is 0 Å². The van der Waals surface area contributed by atoms with E-state index in [9.17, 15) is 4.79 Å². The summed E-state index contributed by atoms with van der Waals surface area (Å²) in [5, 5.41) is 1.04. The van der Waals surface area contributed by atoms with E-state index in [-0.39, 0.29) is 5.56 Å². The van der Waals surface area contributed by atoms with Crippen molar-refractivity contribution in [2.45, 2.75) is 20.3 Å². The van der Waals surface area contributed by atoms with E-state index in [0.717, 1.165) is 34.3 Å². The normalized spacial score (nSPS) is 10.9. The minimum absolute atomic E-state index is 0.117. The van der Waals surface area contributed by atoms with Crippen molar-refractivity contribution in [1.82, 2.24) is 15.0 Å². The maximum Gasteiger partial charge on any atom is 0.251 e. The SMILES string of the molecule is CCc1cc(=O)[nH]c(-c2ccc3nc(C)ccc3c2)n1. The number of fused-ring (bicyclic) bond motifs is 1. The largest absolute Gasteiger partial charge is 0.307 e. The highest BCUT2D eigenvalue weighted by molar-refractivity contribution is 5.83. The molecule has 0 amide bonds. The summed E-state index contributed by atoms with van der Waals surface area (Å²) in [4.78, 5) is 23.4. The number of pyridine rings is 1. The first-order valence-corrected chi connectivity index (χ1v) is 6.64. The molecule has 0 unspecified atom stereocenters. The van der Waals surface area contributed by atoms with Crippen molar-refractivity contribution in [1.29, 1.82) is 0 Å². The fourth-order valence-electron chi connectivity index (χ4n) is 2.20. The zero-order chi connectivity index (χ0) is 14.1. The highest BCUT2D eigenvalue weighted by atomic mass is 16.1. The molecule has 20 heavy (non-hydrogen) atoms. The fourth-order valence-corrected chi connectivity index (χ4v) is 2.20. The molecule has 0 saturated carbocycles. The molecule has 3 aromatic rings. The number of aromatic amines is 1. The van der Waals surface area contributed by atoms with Crippen LogP contribution in [0.5, 0.6) is 0 Å². The van der Waals surface area contributed by atoms with Gasteiger partial charge in [-0.1, -0.05) is 13.0 Å². The Morgan fingerprint density at radius 1 is 1.10 bits per heavy atom. The molecule has 0 fully saturated rings. The van der Waals surface area contributed by atoms with Crippen molar-refractivity contribution in [2.75, 3.05) is 0 Å². The molecule has 2 heterocycles. The summed E-state index contributed by atoms with van der Waals surface area (Å²) < 4.78 is 0. The molecular formula is C16H15N3O. The van der Waals surface area contributed by atoms with E-state index >= 15 is 0 Å². The van der Waals surface area contributed by atoms with Gasteiger partial charge in [-0.3, -0.25) is 9.78 Å². The Morgan fingerprint density at radius 3 is 2.75 bits per heavy atom. The average Bonchev–Trinajstić information content (AvgIpc) is 2.46. The number of H-pyrrole nitrogens is 1. The lowest BCUT2D eigenvalue weighted by Crippen LogP contribution is -2.09. The van der Waals surface area contributed by atoms with Gasteiger partial charge in [0.2, 0.25) is 0 Å². The molecule has 1 aromatic carbocycles. The van der Waals surface area contributed by atoms with Crippen LogP contribution in [-0.4, -0.2) is 15.0 Å². The van der Waals surface area contributed by atoms with Crippen molar-refractivity contribution in [3.63, 3.8) is 0 Å². The Labute approximate surface area is 116 Å². The van der Waals surface area contributed by atoms with Crippen LogP contribution in [-0.2, 0) is 6.42 Å². The molecule has 0 radical (unpaired) electrons. The van der Waals surface area contributed by atoms with Crippen LogP contribution in [0.4, 0.5) is 0 Å². The van der Waals surface area contributed by atoms with Crippen LogP contribution in [0.15, 0.2) is 41.2 Å². The number of aromatic nitrogens is 3. The number of aryl methyl sites for hydroxylation is 2. The van der Waals surface area contributed by atoms with Gasteiger partial charge in [0, 0.05) is 28.4 Å². The Morgan fingerprint density at radius 2 is 1.95 bits per heavy atom. The Kier molecular flexibility index (Phi) is 3.06. The molecule has 2 aromatic heterocycles. The van der Waals surface area contributed by atoms with Crippen LogP contribution in [0.2, 0.25) is 0 Å². The molecule has 0 bridgehead atoms. The summed E-state index contributed by atoms with van der Waals surface area (Å²) in [5.41, 5.74) is 3.52. The summed E-state index contributed by atoms with van der Waals surface area (Å²) >= 11 is 0. The van der Waals surface area contributed by atoms with Gasteiger partial charge >= 0.3 is 0 Å². The Balaban J connectivity index is 2.17. The van der Waals surface area contributed by atoms with Gasteiger partial charge in [-0.2, -0.15) is 0 Å². The van der Waals surface area contributed by atoms with Gasteiger partial charge in [0.1, 0.15) is 5.82 Å². The monoisotopic (exact) mass is 265 g/mol. The van der Waals surface area contributed by atoms with Gasteiger partial charge in [-0.05, 0) is 37.6 Å². The van der Waals surface area contributed by atoms with E-state index in [1.807, 2.05) is 44.2 Å². The topological polar surface area (TPSA) is 58.6 Å². The molecule has 100 valence electrons. The molecule has 0 aliphatic heterocycles. The maximum atomic E-state index is 11.6. The van der Waals surface area contributed by atoms with Crippen LogP contribution < -0.4 is 5.56 Å². The lowest BCUT2D eigenvalue weighted by molar-refractivity contribution is 0.987. The molecule has 3 rings (SSSR count). The molecule has 4 nitrogen and oxygen atoms in total. The highest BCUT2D eigenvalue weighted by Gasteiger charge is 2.05. The standard InChI is InChI=1S/C16H15N3O/c1-3-13-9-15(20)19-16(18-13)12-6-7-14-11(8-12)5-4-10(2)17-14/h4-9H,3H2,1-2H3,(H,18,19,20). The molecule has 1 N–H and O–H groups in total. The number of benzene rings is 1. The Hall–Kier alpha value is -2.49. The lowest BCUT2D eigenvalue weighted by atomic mass is 10.1. The van der Waals surface area contributed by atoms with E-state index in [1.165, 1.54) is 6.07 Å². The summed E-state index contributed by atoms with van der Waals surface area (Å²) in [6, 6.07) is 11.4. The maximum absolute atomic E-state index is 11.6. The van der Waals surface area contributed by atoms with Gasteiger partial charge < -0.3 is 4.98 Å². The van der Waals surface area contributed by atoms with Gasteiger partial charge in [-0.15, -0.1) is 0 Å². The predicted octanol–water partition coefficient (Wildman–Crippen LogP) is 2.86. The zero-order valence-corrected chi connectivity index (χ0v) is 11.5. The quantitative estimate of drug-likeness (QED) is 0.775. The molecule has 0 aliphatic carbocycles. The number of hydrogen-bond acceptors (Lipinski definition) is 3. The first-order chi connectivity index (χ1) is 9.65. The average molecular weight is 265 g/mol. The molecular weight excluding hydrogens is 250 g/mol. The second kappa shape index (κ2) is 4.89. The van der Waals surface area contributed by atoms with Crippen molar-refractivity contribution in [3.8, 4) is 11.4 Å². The van der Waals surface area contributed by atoms with Gasteiger partial charge in [0.05, 0.1) is 5.52 Å². The molecule has 0 saturated heterocycles. The molecule has 0 spiro atoms. The third-order valence-electron chi connectivity index (χ3n) is 3.26. The number of hydrogen-bond donors (Lipinski definition) is 1. The van der Waals surface area contributed by atoms with Crippen molar-refractivity contribution >= 4 is 10.9 Å². The van der Waals surface area contributed by atoms with Crippen molar-refractivity contribution in [3.05, 3.63) is 58.1 Å². The van der Waals surface area contributed by atoms with Gasteiger partial charge in [0.15, 0.2) is 0 Å². The van der Waals surface area contributed by atoms with Crippen LogP contribution in [0.25, 0.3) is 22.3 Å². The predicted molar refractivity (Wildman–Crippen MR) is 79.7 cm³/mol. The Bertz CT molecular complexity index is 836. The number of nitrogens with zero attached hydrogens (tertiary/aromatic N) is 2. The highest BCUT2D eigenvalue weighted by Crippen LogP contribution is 2.20. The molecule has 0 atom stereocenters. The first-order valence-electron chi connectivity index (χ1n) is 6.64. The van der Waals surface area contributed by atoms with E-state index in [2.05, 4.69) is 15.0 Å². The summed E-state index contributed by atoms with van der Waals surface area (Å²) in [6.45, 7) is 3.95. The summed E-state index contributed by atoms with van der Waals surface area (Å²) in [6.07, 6.45) is 0.741. The van der Waals surface area contributed by atoms with Gasteiger partial charge in [-0.25, -0.2) is 4.98 Å². The van der Waals surface area contributed by atoms with Crippen LogP contribution in [0.1, 0.15) is 18.3 Å². The van der Waals surface area contributed by atoms with E-state index < -0.39 is 0 Å². The van der Waals surface area contributed by atoms with E-state index in [4.69, 9.17) is 0 Å². The van der Waals surface area contributed by atoms with E-state index in [0.29, 0.717) is 5.82 Å².